The molecule has 0 unspecified atom stereocenters. The smallest absolute Gasteiger partial charge is 0.196 e. The quantitative estimate of drug-likeness (QED) is 0.754. The van der Waals surface area contributed by atoms with Crippen LogP contribution in [0.2, 0.25) is 5.02 Å². The molecule has 0 spiro atoms. The minimum atomic E-state index is 0.164. The van der Waals surface area contributed by atoms with Gasteiger partial charge in [-0.2, -0.15) is 0 Å². The summed E-state index contributed by atoms with van der Waals surface area (Å²) in [4.78, 5) is 4.44. The molecule has 86 valence electrons. The lowest BCUT2D eigenvalue weighted by molar-refractivity contribution is 0.361. The summed E-state index contributed by atoms with van der Waals surface area (Å²) >= 11 is 9.38. The molecule has 0 bridgehead atoms. The van der Waals surface area contributed by atoms with Crippen LogP contribution in [-0.2, 0) is 6.42 Å². The van der Waals surface area contributed by atoms with Crippen LogP contribution < -0.4 is 0 Å². The van der Waals surface area contributed by atoms with Gasteiger partial charge in [-0.1, -0.05) is 32.4 Å². The van der Waals surface area contributed by atoms with Gasteiger partial charge in [0.15, 0.2) is 11.5 Å². The molecule has 0 aliphatic rings. The Morgan fingerprint density at radius 2 is 2.06 bits per heavy atom. The van der Waals surface area contributed by atoms with E-state index >= 15 is 0 Å². The second-order valence-electron chi connectivity index (χ2n) is 5.08. The number of rotatable bonds is 1. The maximum atomic E-state index is 5.95. The van der Waals surface area contributed by atoms with Crippen molar-refractivity contribution in [1.82, 2.24) is 4.98 Å². The van der Waals surface area contributed by atoms with Crippen LogP contribution in [0, 0.1) is 5.41 Å². The molecule has 2 nitrogen and oxygen atoms in total. The Bertz CT molecular complexity index is 528. The summed E-state index contributed by atoms with van der Waals surface area (Å²) in [5.74, 6) is 0.755. The molecule has 2 rings (SSSR count). The number of benzene rings is 1. The van der Waals surface area contributed by atoms with E-state index in [2.05, 4.69) is 41.7 Å². The van der Waals surface area contributed by atoms with Crippen LogP contribution in [0.4, 0.5) is 0 Å². The third kappa shape index (κ3) is 2.58. The van der Waals surface area contributed by atoms with Gasteiger partial charge in [0.05, 0.1) is 4.47 Å². The first-order chi connectivity index (χ1) is 7.35. The first kappa shape index (κ1) is 11.9. The molecule has 16 heavy (non-hydrogen) atoms. The summed E-state index contributed by atoms with van der Waals surface area (Å²) in [6.07, 6.45) is 0.811. The molecule has 2 aromatic rings. The predicted molar refractivity (Wildman–Crippen MR) is 69.9 cm³/mol. The van der Waals surface area contributed by atoms with Crippen LogP contribution in [-0.4, -0.2) is 4.98 Å². The molecule has 1 aromatic heterocycles. The second-order valence-corrected chi connectivity index (χ2v) is 6.37. The van der Waals surface area contributed by atoms with E-state index in [1.807, 2.05) is 12.1 Å². The van der Waals surface area contributed by atoms with Crippen LogP contribution in [0.25, 0.3) is 11.1 Å². The van der Waals surface area contributed by atoms with Crippen LogP contribution in [0.15, 0.2) is 21.0 Å². The molecule has 0 amide bonds. The molecule has 1 aromatic carbocycles. The van der Waals surface area contributed by atoms with Crippen molar-refractivity contribution in [3.63, 3.8) is 0 Å². The van der Waals surface area contributed by atoms with Crippen molar-refractivity contribution in [2.24, 2.45) is 5.41 Å². The molecule has 0 atom stereocenters. The van der Waals surface area contributed by atoms with Gasteiger partial charge in [-0.15, -0.1) is 0 Å². The molecule has 0 saturated heterocycles. The summed E-state index contributed by atoms with van der Waals surface area (Å²) in [7, 11) is 0. The van der Waals surface area contributed by atoms with Gasteiger partial charge in [0.2, 0.25) is 0 Å². The Hall–Kier alpha value is -0.540. The zero-order valence-corrected chi connectivity index (χ0v) is 11.8. The number of halogens is 2. The zero-order valence-electron chi connectivity index (χ0n) is 9.47. The first-order valence-corrected chi connectivity index (χ1v) is 6.27. The molecular formula is C12H13BrClNO. The van der Waals surface area contributed by atoms with E-state index < -0.39 is 0 Å². The fourth-order valence-electron chi connectivity index (χ4n) is 1.54. The largest absolute Gasteiger partial charge is 0.439 e. The monoisotopic (exact) mass is 301 g/mol. The van der Waals surface area contributed by atoms with E-state index in [-0.39, 0.29) is 5.41 Å². The highest BCUT2D eigenvalue weighted by Gasteiger charge is 2.17. The SMILES string of the molecule is CC(C)(C)Cc1nc2cc(Cl)cc(Br)c2o1. The third-order valence-electron chi connectivity index (χ3n) is 2.14. The van der Waals surface area contributed by atoms with Crippen LogP contribution in [0.1, 0.15) is 26.7 Å². The molecule has 0 aliphatic carbocycles. The summed E-state index contributed by atoms with van der Waals surface area (Å²) in [6.45, 7) is 6.47. The Morgan fingerprint density at radius 1 is 1.38 bits per heavy atom. The molecule has 4 heteroatoms. The molecule has 0 radical (unpaired) electrons. The molecule has 0 aliphatic heterocycles. The lowest BCUT2D eigenvalue weighted by Crippen LogP contribution is -2.09. The van der Waals surface area contributed by atoms with Gasteiger partial charge in [0.1, 0.15) is 5.52 Å². The maximum Gasteiger partial charge on any atom is 0.196 e. The van der Waals surface area contributed by atoms with Crippen molar-refractivity contribution in [2.75, 3.05) is 0 Å². The number of hydrogen-bond donors (Lipinski definition) is 0. The number of oxazole rings is 1. The Morgan fingerprint density at radius 3 is 2.69 bits per heavy atom. The normalized spacial score (nSPS) is 12.3. The van der Waals surface area contributed by atoms with Crippen LogP contribution >= 0.6 is 27.5 Å². The van der Waals surface area contributed by atoms with E-state index in [9.17, 15) is 0 Å². The number of fused-ring (bicyclic) bond motifs is 1. The van der Waals surface area contributed by atoms with Gasteiger partial charge in [0.25, 0.3) is 0 Å². The lowest BCUT2D eigenvalue weighted by Gasteiger charge is -2.14. The van der Waals surface area contributed by atoms with Crippen molar-refractivity contribution in [1.29, 1.82) is 0 Å². The lowest BCUT2D eigenvalue weighted by atomic mass is 9.92. The number of hydrogen-bond acceptors (Lipinski definition) is 2. The molecule has 0 N–H and O–H groups in total. The standard InChI is InChI=1S/C12H13BrClNO/c1-12(2,3)6-10-15-9-5-7(14)4-8(13)11(9)16-10/h4-5H,6H2,1-3H3. The molecule has 0 fully saturated rings. The van der Waals surface area contributed by atoms with Crippen molar-refractivity contribution in [3.8, 4) is 0 Å². The summed E-state index contributed by atoms with van der Waals surface area (Å²) in [5.41, 5.74) is 1.74. The van der Waals surface area contributed by atoms with E-state index in [0.29, 0.717) is 5.02 Å². The Kier molecular flexibility index (Phi) is 3.01. The van der Waals surface area contributed by atoms with Crippen molar-refractivity contribution >= 4 is 38.6 Å². The van der Waals surface area contributed by atoms with Gasteiger partial charge in [0, 0.05) is 11.4 Å². The highest BCUT2D eigenvalue weighted by atomic mass is 79.9. The summed E-state index contributed by atoms with van der Waals surface area (Å²) in [6, 6.07) is 3.63. The Labute approximate surface area is 108 Å². The second kappa shape index (κ2) is 4.04. The van der Waals surface area contributed by atoms with Gasteiger partial charge in [-0.3, -0.25) is 0 Å². The predicted octanol–water partition coefficient (Wildman–Crippen LogP) is 4.83. The van der Waals surface area contributed by atoms with Crippen LogP contribution in [0.5, 0.6) is 0 Å². The number of aromatic nitrogens is 1. The summed E-state index contributed by atoms with van der Waals surface area (Å²) < 4.78 is 6.56. The van der Waals surface area contributed by atoms with E-state index in [1.54, 1.807) is 0 Å². The fraction of sp³-hybridized carbons (Fsp3) is 0.417. The zero-order chi connectivity index (χ0) is 11.9. The Balaban J connectivity index is 2.48. The van der Waals surface area contributed by atoms with Gasteiger partial charge < -0.3 is 4.42 Å². The van der Waals surface area contributed by atoms with Crippen molar-refractivity contribution in [2.45, 2.75) is 27.2 Å². The minimum absolute atomic E-state index is 0.164. The number of nitrogens with zero attached hydrogens (tertiary/aromatic N) is 1. The molecule has 0 saturated carbocycles. The van der Waals surface area contributed by atoms with E-state index in [4.69, 9.17) is 16.0 Å². The first-order valence-electron chi connectivity index (χ1n) is 5.10. The van der Waals surface area contributed by atoms with Crippen molar-refractivity contribution in [3.05, 3.63) is 27.5 Å². The van der Waals surface area contributed by atoms with Gasteiger partial charge in [-0.25, -0.2) is 4.98 Å². The molecular weight excluding hydrogens is 289 g/mol. The fourth-order valence-corrected chi connectivity index (χ4v) is 2.41. The topological polar surface area (TPSA) is 26.0 Å². The van der Waals surface area contributed by atoms with Gasteiger partial charge >= 0.3 is 0 Å². The maximum absolute atomic E-state index is 5.95. The van der Waals surface area contributed by atoms with Gasteiger partial charge in [-0.05, 0) is 33.5 Å². The van der Waals surface area contributed by atoms with Crippen molar-refractivity contribution < 1.29 is 4.42 Å². The van der Waals surface area contributed by atoms with Crippen LogP contribution in [0.3, 0.4) is 0 Å². The molecule has 1 heterocycles. The average Bonchev–Trinajstić information content (AvgIpc) is 2.43. The third-order valence-corrected chi connectivity index (χ3v) is 2.94. The average molecular weight is 303 g/mol. The highest BCUT2D eigenvalue weighted by molar-refractivity contribution is 9.10. The minimum Gasteiger partial charge on any atom is -0.439 e. The summed E-state index contributed by atoms with van der Waals surface area (Å²) in [5, 5.41) is 0.662. The van der Waals surface area contributed by atoms with E-state index in [1.165, 1.54) is 0 Å². The highest BCUT2D eigenvalue weighted by Crippen LogP contribution is 2.30. The van der Waals surface area contributed by atoms with E-state index in [0.717, 1.165) is 27.9 Å².